The van der Waals surface area contributed by atoms with Crippen molar-refractivity contribution in [3.8, 4) is 5.75 Å². The molecule has 0 saturated heterocycles. The second-order valence-electron chi connectivity index (χ2n) is 4.01. The lowest BCUT2D eigenvalue weighted by molar-refractivity contribution is 0.415. The molecule has 1 heterocycles. The molecule has 20 heavy (non-hydrogen) atoms. The molecule has 9 heteroatoms. The van der Waals surface area contributed by atoms with Gasteiger partial charge in [-0.2, -0.15) is 5.10 Å². The first-order valence-corrected chi connectivity index (χ1v) is 7.35. The fraction of sp³-hybridized carbons (Fsp3) is 0.182. The Morgan fingerprint density at radius 3 is 2.70 bits per heavy atom. The number of halogens is 1. The van der Waals surface area contributed by atoms with Crippen LogP contribution >= 0.6 is 11.6 Å². The van der Waals surface area contributed by atoms with Crippen LogP contribution in [0.15, 0.2) is 29.3 Å². The van der Waals surface area contributed by atoms with Crippen LogP contribution in [0.4, 0.5) is 11.5 Å². The number of ether oxygens (including phenoxy) is 1. The Morgan fingerprint density at radius 2 is 2.15 bits per heavy atom. The summed E-state index contributed by atoms with van der Waals surface area (Å²) < 4.78 is 33.1. The van der Waals surface area contributed by atoms with E-state index in [-0.39, 0.29) is 10.7 Å². The minimum atomic E-state index is -3.82. The summed E-state index contributed by atoms with van der Waals surface area (Å²) in [6, 6.07) is 4.53. The number of nitrogens with two attached hydrogens (primary N) is 1. The van der Waals surface area contributed by atoms with Crippen LogP contribution in [0.5, 0.6) is 5.75 Å². The van der Waals surface area contributed by atoms with Crippen molar-refractivity contribution in [1.29, 1.82) is 0 Å². The highest BCUT2D eigenvalue weighted by atomic mass is 35.5. The first-order valence-electron chi connectivity index (χ1n) is 5.49. The maximum Gasteiger partial charge on any atom is 0.267 e. The summed E-state index contributed by atoms with van der Waals surface area (Å²) in [5, 5.41) is 4.18. The van der Waals surface area contributed by atoms with Crippen LogP contribution in [0, 0.1) is 0 Å². The molecule has 3 N–H and O–H groups in total. The summed E-state index contributed by atoms with van der Waals surface area (Å²) in [6.07, 6.45) is 1.32. The zero-order valence-corrected chi connectivity index (χ0v) is 12.4. The molecule has 108 valence electrons. The van der Waals surface area contributed by atoms with Crippen molar-refractivity contribution in [2.24, 2.45) is 7.05 Å². The Balaban J connectivity index is 2.36. The molecule has 2 rings (SSSR count). The molecule has 1 aromatic heterocycles. The van der Waals surface area contributed by atoms with Crippen LogP contribution in [0.3, 0.4) is 0 Å². The molecular formula is C11H13ClN4O3S. The van der Waals surface area contributed by atoms with Gasteiger partial charge in [0.1, 0.15) is 10.6 Å². The van der Waals surface area contributed by atoms with E-state index < -0.39 is 10.0 Å². The SMILES string of the molecule is COc1cc(NS(=O)(=O)c2cn(C)nc2N)ccc1Cl. The molecular weight excluding hydrogens is 304 g/mol. The van der Waals surface area contributed by atoms with Crippen LogP contribution in [-0.4, -0.2) is 25.3 Å². The predicted molar refractivity (Wildman–Crippen MR) is 76.4 cm³/mol. The van der Waals surface area contributed by atoms with Gasteiger partial charge in [-0.05, 0) is 12.1 Å². The highest BCUT2D eigenvalue weighted by Gasteiger charge is 2.21. The molecule has 7 nitrogen and oxygen atoms in total. The maximum absolute atomic E-state index is 12.2. The van der Waals surface area contributed by atoms with Crippen LogP contribution in [-0.2, 0) is 17.1 Å². The molecule has 0 bridgehead atoms. The molecule has 0 fully saturated rings. The van der Waals surface area contributed by atoms with Crippen molar-refractivity contribution in [2.45, 2.75) is 4.90 Å². The molecule has 0 aliphatic heterocycles. The van der Waals surface area contributed by atoms with Gasteiger partial charge in [0.05, 0.1) is 17.8 Å². The zero-order valence-electron chi connectivity index (χ0n) is 10.8. The summed E-state index contributed by atoms with van der Waals surface area (Å²) in [7, 11) is -0.791. The molecule has 0 aliphatic rings. The normalized spacial score (nSPS) is 11.3. The Morgan fingerprint density at radius 1 is 1.45 bits per heavy atom. The third-order valence-corrected chi connectivity index (χ3v) is 4.23. The van der Waals surface area contributed by atoms with E-state index in [2.05, 4.69) is 9.82 Å². The summed E-state index contributed by atoms with van der Waals surface area (Å²) in [4.78, 5) is -0.0890. The average molecular weight is 317 g/mol. The molecule has 0 atom stereocenters. The number of methoxy groups -OCH3 is 1. The average Bonchev–Trinajstić information content (AvgIpc) is 2.71. The van der Waals surface area contributed by atoms with Crippen LogP contribution in [0.25, 0.3) is 0 Å². The van der Waals surface area contributed by atoms with E-state index in [0.29, 0.717) is 16.5 Å². The van der Waals surface area contributed by atoms with Gasteiger partial charge in [-0.15, -0.1) is 0 Å². The maximum atomic E-state index is 12.2. The predicted octanol–water partition coefficient (Wildman–Crippen LogP) is 1.47. The van der Waals surface area contributed by atoms with E-state index in [1.54, 1.807) is 7.05 Å². The fourth-order valence-electron chi connectivity index (χ4n) is 1.62. The van der Waals surface area contributed by atoms with E-state index in [9.17, 15) is 8.42 Å². The van der Waals surface area contributed by atoms with Gasteiger partial charge < -0.3 is 10.5 Å². The molecule has 0 radical (unpaired) electrons. The molecule has 2 aromatic rings. The van der Waals surface area contributed by atoms with Crippen LogP contribution in [0.1, 0.15) is 0 Å². The van der Waals surface area contributed by atoms with Crippen molar-refractivity contribution < 1.29 is 13.2 Å². The minimum Gasteiger partial charge on any atom is -0.495 e. The van der Waals surface area contributed by atoms with E-state index >= 15 is 0 Å². The molecule has 1 aromatic carbocycles. The third kappa shape index (κ3) is 2.81. The van der Waals surface area contributed by atoms with Crippen molar-refractivity contribution in [1.82, 2.24) is 9.78 Å². The molecule has 0 unspecified atom stereocenters. The molecule has 0 spiro atoms. The molecule has 0 amide bonds. The fourth-order valence-corrected chi connectivity index (χ4v) is 2.97. The summed E-state index contributed by atoms with van der Waals surface area (Å²) in [5.74, 6) is 0.298. The number of nitrogen functional groups attached to an aromatic ring is 1. The van der Waals surface area contributed by atoms with E-state index in [1.165, 1.54) is 36.2 Å². The summed E-state index contributed by atoms with van der Waals surface area (Å²) in [6.45, 7) is 0. The van der Waals surface area contributed by atoms with Gasteiger partial charge in [0, 0.05) is 19.3 Å². The lowest BCUT2D eigenvalue weighted by Crippen LogP contribution is -2.14. The second-order valence-corrected chi connectivity index (χ2v) is 6.07. The number of hydrogen-bond donors (Lipinski definition) is 2. The number of anilines is 2. The number of sulfonamides is 1. The number of benzene rings is 1. The van der Waals surface area contributed by atoms with Gasteiger partial charge in [-0.1, -0.05) is 11.6 Å². The van der Waals surface area contributed by atoms with Crippen LogP contribution < -0.4 is 15.2 Å². The number of aryl methyl sites for hydroxylation is 1. The Bertz CT molecular complexity index is 742. The first kappa shape index (κ1) is 14.5. The Kier molecular flexibility index (Phi) is 3.78. The summed E-state index contributed by atoms with van der Waals surface area (Å²) >= 11 is 5.88. The van der Waals surface area contributed by atoms with E-state index in [0.717, 1.165) is 0 Å². The number of nitrogens with zero attached hydrogens (tertiary/aromatic N) is 2. The van der Waals surface area contributed by atoms with Gasteiger partial charge >= 0.3 is 0 Å². The number of aromatic nitrogens is 2. The number of hydrogen-bond acceptors (Lipinski definition) is 5. The van der Waals surface area contributed by atoms with Gasteiger partial charge in [0.2, 0.25) is 0 Å². The van der Waals surface area contributed by atoms with Gasteiger partial charge in [0.25, 0.3) is 10.0 Å². The standard InChI is InChI=1S/C11H13ClN4O3S/c1-16-6-10(11(13)14-16)20(17,18)15-7-3-4-8(12)9(5-7)19-2/h3-6,15H,1-2H3,(H2,13,14). The van der Waals surface area contributed by atoms with Gasteiger partial charge in [-0.25, -0.2) is 8.42 Å². The Labute approximate surface area is 121 Å². The van der Waals surface area contributed by atoms with Crippen molar-refractivity contribution >= 4 is 33.1 Å². The largest absolute Gasteiger partial charge is 0.495 e. The lowest BCUT2D eigenvalue weighted by Gasteiger charge is -2.09. The topological polar surface area (TPSA) is 99.2 Å². The lowest BCUT2D eigenvalue weighted by atomic mass is 10.3. The van der Waals surface area contributed by atoms with Crippen molar-refractivity contribution in [3.05, 3.63) is 29.4 Å². The van der Waals surface area contributed by atoms with Crippen molar-refractivity contribution in [3.63, 3.8) is 0 Å². The van der Waals surface area contributed by atoms with Gasteiger partial charge in [-0.3, -0.25) is 9.40 Å². The van der Waals surface area contributed by atoms with E-state index in [4.69, 9.17) is 22.1 Å². The highest BCUT2D eigenvalue weighted by molar-refractivity contribution is 7.92. The number of rotatable bonds is 4. The monoisotopic (exact) mass is 316 g/mol. The van der Waals surface area contributed by atoms with E-state index in [1.807, 2.05) is 0 Å². The Hall–Kier alpha value is -1.93. The smallest absolute Gasteiger partial charge is 0.267 e. The van der Waals surface area contributed by atoms with Gasteiger partial charge in [0.15, 0.2) is 5.82 Å². The quantitative estimate of drug-likeness (QED) is 0.889. The number of nitrogens with one attached hydrogen (secondary N) is 1. The highest BCUT2D eigenvalue weighted by Crippen LogP contribution is 2.29. The zero-order chi connectivity index (χ0) is 14.9. The van der Waals surface area contributed by atoms with Crippen molar-refractivity contribution in [2.75, 3.05) is 17.6 Å². The molecule has 0 saturated carbocycles. The van der Waals surface area contributed by atoms with Crippen LogP contribution in [0.2, 0.25) is 5.02 Å². The third-order valence-electron chi connectivity index (χ3n) is 2.51. The second kappa shape index (κ2) is 5.22. The molecule has 0 aliphatic carbocycles. The summed E-state index contributed by atoms with van der Waals surface area (Å²) in [5.41, 5.74) is 5.88. The first-order chi connectivity index (χ1) is 9.33. The minimum absolute atomic E-state index is 0.0686.